The number of hydrogen-bond acceptors (Lipinski definition) is 2. The van der Waals surface area contributed by atoms with Crippen LogP contribution in [0.4, 0.5) is 0 Å². The Balaban J connectivity index is 1.87. The summed E-state index contributed by atoms with van der Waals surface area (Å²) in [6.07, 6.45) is 2.83. The Morgan fingerprint density at radius 2 is 1.90 bits per heavy atom. The molecule has 1 unspecified atom stereocenters. The molecule has 0 saturated heterocycles. The van der Waals surface area contributed by atoms with Gasteiger partial charge in [-0.3, -0.25) is 4.79 Å². The minimum atomic E-state index is -0.923. The van der Waals surface area contributed by atoms with Gasteiger partial charge in [-0.25, -0.2) is 4.79 Å². The molecule has 0 aliphatic heterocycles. The van der Waals surface area contributed by atoms with E-state index >= 15 is 0 Å². The summed E-state index contributed by atoms with van der Waals surface area (Å²) in [6, 6.07) is 9.36. The van der Waals surface area contributed by atoms with Crippen molar-refractivity contribution < 1.29 is 14.7 Å². The highest BCUT2D eigenvalue weighted by molar-refractivity contribution is 5.84. The van der Waals surface area contributed by atoms with Crippen molar-refractivity contribution in [3.63, 3.8) is 0 Å². The van der Waals surface area contributed by atoms with Crippen LogP contribution in [0.15, 0.2) is 30.3 Å². The molecule has 4 nitrogen and oxygen atoms in total. The van der Waals surface area contributed by atoms with E-state index in [-0.39, 0.29) is 17.2 Å². The van der Waals surface area contributed by atoms with Gasteiger partial charge in [-0.15, -0.1) is 0 Å². The zero-order chi connectivity index (χ0) is 15.5. The second-order valence-electron chi connectivity index (χ2n) is 6.47. The van der Waals surface area contributed by atoms with E-state index < -0.39 is 12.0 Å². The lowest BCUT2D eigenvalue weighted by Gasteiger charge is -2.25. The first-order chi connectivity index (χ1) is 9.90. The minimum absolute atomic E-state index is 0.100. The molecule has 4 heteroatoms. The highest BCUT2D eigenvalue weighted by Gasteiger charge is 2.37. The van der Waals surface area contributed by atoms with Crippen LogP contribution in [0, 0.1) is 5.92 Å². The topological polar surface area (TPSA) is 66.4 Å². The molecule has 1 aliphatic carbocycles. The number of rotatable bonds is 7. The Bertz CT molecular complexity index is 506. The molecule has 0 bridgehead atoms. The summed E-state index contributed by atoms with van der Waals surface area (Å²) < 4.78 is 0. The number of aliphatic carboxylic acids is 1. The number of hydrogen-bond donors (Lipinski definition) is 2. The summed E-state index contributed by atoms with van der Waals surface area (Å²) in [6.45, 7) is 4.20. The van der Waals surface area contributed by atoms with Gasteiger partial charge in [0, 0.05) is 6.42 Å². The summed E-state index contributed by atoms with van der Waals surface area (Å²) in [5, 5.41) is 11.8. The van der Waals surface area contributed by atoms with E-state index in [1.54, 1.807) is 0 Å². The standard InChI is InChI=1S/C17H23NO3/c1-17(2,13-6-4-3-5-7-13)11-10-14(19)18-15(16(20)21)12-8-9-12/h3-7,12,15H,8-11H2,1-2H3,(H,18,19)(H,20,21). The van der Waals surface area contributed by atoms with Gasteiger partial charge in [-0.2, -0.15) is 0 Å². The first kappa shape index (κ1) is 15.5. The van der Waals surface area contributed by atoms with Crippen molar-refractivity contribution in [3.8, 4) is 0 Å². The van der Waals surface area contributed by atoms with Crippen LogP contribution >= 0.6 is 0 Å². The average molecular weight is 289 g/mol. The van der Waals surface area contributed by atoms with Crippen molar-refractivity contribution in [3.05, 3.63) is 35.9 Å². The summed E-state index contributed by atoms with van der Waals surface area (Å²) in [7, 11) is 0. The quantitative estimate of drug-likeness (QED) is 0.811. The third-order valence-electron chi connectivity index (χ3n) is 4.21. The van der Waals surface area contributed by atoms with Gasteiger partial charge < -0.3 is 10.4 Å². The van der Waals surface area contributed by atoms with E-state index in [0.717, 1.165) is 12.8 Å². The maximum absolute atomic E-state index is 12.0. The van der Waals surface area contributed by atoms with Gasteiger partial charge in [0.05, 0.1) is 0 Å². The van der Waals surface area contributed by atoms with E-state index in [1.807, 2.05) is 18.2 Å². The van der Waals surface area contributed by atoms with Crippen LogP contribution in [0.1, 0.15) is 45.1 Å². The zero-order valence-corrected chi connectivity index (χ0v) is 12.6. The number of carbonyl (C=O) groups is 2. The largest absolute Gasteiger partial charge is 0.480 e. The summed E-state index contributed by atoms with van der Waals surface area (Å²) in [5.74, 6) is -0.972. The lowest BCUT2D eigenvalue weighted by Crippen LogP contribution is -2.42. The smallest absolute Gasteiger partial charge is 0.326 e. The Kier molecular flexibility index (Phi) is 4.66. The van der Waals surface area contributed by atoms with Gasteiger partial charge in [-0.1, -0.05) is 44.2 Å². The van der Waals surface area contributed by atoms with Crippen LogP contribution in [0.2, 0.25) is 0 Å². The maximum atomic E-state index is 12.0. The molecule has 114 valence electrons. The Morgan fingerprint density at radius 1 is 1.29 bits per heavy atom. The minimum Gasteiger partial charge on any atom is -0.480 e. The third kappa shape index (κ3) is 4.31. The van der Waals surface area contributed by atoms with Crippen molar-refractivity contribution in [2.24, 2.45) is 5.92 Å². The van der Waals surface area contributed by atoms with Gasteiger partial charge in [0.15, 0.2) is 0 Å². The van der Waals surface area contributed by atoms with Gasteiger partial charge in [0.1, 0.15) is 6.04 Å². The normalized spacial score (nSPS) is 16.3. The van der Waals surface area contributed by atoms with E-state index in [2.05, 4.69) is 31.3 Å². The molecule has 0 spiro atoms. The highest BCUT2D eigenvalue weighted by atomic mass is 16.4. The lowest BCUT2D eigenvalue weighted by atomic mass is 9.80. The fourth-order valence-electron chi connectivity index (χ4n) is 2.52. The molecule has 0 aromatic heterocycles. The van der Waals surface area contributed by atoms with Crippen molar-refractivity contribution in [1.29, 1.82) is 0 Å². The van der Waals surface area contributed by atoms with E-state index in [0.29, 0.717) is 12.8 Å². The maximum Gasteiger partial charge on any atom is 0.326 e. The lowest BCUT2D eigenvalue weighted by molar-refractivity contribution is -0.142. The fourth-order valence-corrected chi connectivity index (χ4v) is 2.52. The predicted molar refractivity (Wildman–Crippen MR) is 81.0 cm³/mol. The molecule has 2 N–H and O–H groups in total. The number of amides is 1. The van der Waals surface area contributed by atoms with Gasteiger partial charge in [0.25, 0.3) is 0 Å². The van der Waals surface area contributed by atoms with Crippen molar-refractivity contribution in [1.82, 2.24) is 5.32 Å². The van der Waals surface area contributed by atoms with Crippen LogP contribution < -0.4 is 5.32 Å². The van der Waals surface area contributed by atoms with Crippen LogP contribution in [0.5, 0.6) is 0 Å². The van der Waals surface area contributed by atoms with E-state index in [1.165, 1.54) is 5.56 Å². The van der Waals surface area contributed by atoms with Gasteiger partial charge in [-0.05, 0) is 36.2 Å². The molecule has 1 saturated carbocycles. The predicted octanol–water partition coefficient (Wildman–Crippen LogP) is 2.72. The Labute approximate surface area is 125 Å². The van der Waals surface area contributed by atoms with E-state index in [4.69, 9.17) is 5.11 Å². The molecule has 21 heavy (non-hydrogen) atoms. The molecular formula is C17H23NO3. The molecule has 0 radical (unpaired) electrons. The fraction of sp³-hybridized carbons (Fsp3) is 0.529. The molecule has 1 atom stereocenters. The molecule has 1 aliphatic rings. The van der Waals surface area contributed by atoms with Crippen LogP contribution in [0.3, 0.4) is 0 Å². The van der Waals surface area contributed by atoms with Crippen LogP contribution in [0.25, 0.3) is 0 Å². The molecule has 2 rings (SSSR count). The molecule has 0 heterocycles. The van der Waals surface area contributed by atoms with Crippen LogP contribution in [-0.2, 0) is 15.0 Å². The average Bonchev–Trinajstić information content (AvgIpc) is 3.28. The second kappa shape index (κ2) is 6.29. The van der Waals surface area contributed by atoms with Gasteiger partial charge in [0.2, 0.25) is 5.91 Å². The Hall–Kier alpha value is -1.84. The highest BCUT2D eigenvalue weighted by Crippen LogP contribution is 2.33. The number of carbonyl (C=O) groups excluding carboxylic acids is 1. The third-order valence-corrected chi connectivity index (χ3v) is 4.21. The summed E-state index contributed by atoms with van der Waals surface area (Å²) in [4.78, 5) is 23.1. The van der Waals surface area contributed by atoms with Crippen molar-refractivity contribution in [2.45, 2.75) is 51.0 Å². The molecule has 1 aromatic rings. The molecule has 1 aromatic carbocycles. The van der Waals surface area contributed by atoms with Crippen molar-refractivity contribution >= 4 is 11.9 Å². The summed E-state index contributed by atoms with van der Waals surface area (Å²) >= 11 is 0. The van der Waals surface area contributed by atoms with E-state index in [9.17, 15) is 9.59 Å². The first-order valence-corrected chi connectivity index (χ1v) is 7.48. The number of benzene rings is 1. The molecule has 1 fully saturated rings. The first-order valence-electron chi connectivity index (χ1n) is 7.48. The van der Waals surface area contributed by atoms with Crippen LogP contribution in [-0.4, -0.2) is 23.0 Å². The summed E-state index contributed by atoms with van der Waals surface area (Å²) in [5.41, 5.74) is 1.09. The van der Waals surface area contributed by atoms with Crippen molar-refractivity contribution in [2.75, 3.05) is 0 Å². The Morgan fingerprint density at radius 3 is 2.43 bits per heavy atom. The molecule has 1 amide bonds. The monoisotopic (exact) mass is 289 g/mol. The second-order valence-corrected chi connectivity index (χ2v) is 6.47. The zero-order valence-electron chi connectivity index (χ0n) is 12.6. The molecular weight excluding hydrogens is 266 g/mol. The van der Waals surface area contributed by atoms with Gasteiger partial charge >= 0.3 is 5.97 Å². The SMILES string of the molecule is CC(C)(CCC(=O)NC(C(=O)O)C1CC1)c1ccccc1. The number of carboxylic acid groups (broad SMARTS) is 1. The number of nitrogens with one attached hydrogen (secondary N) is 1. The number of carboxylic acids is 1.